The Morgan fingerprint density at radius 1 is 0.942 bits per heavy atom. The standard InChI is InChI=1S/C38H43F3N4O7/c1-50-28-17-13-25(14-18-28)37(24-10-6-5-7-11-24,26-15-19-29(51-2)20-16-26)34(47)33-30(46)23-32(52-33)45-27(22-31(42)44-36(45)49)12-8-3-4-9-21-43-35(48)38(39,40)41/h5-7,10-11,13-20,22,30,32-34,46-47H,3-4,8-9,12,21,23H2,1-2H3,(H,43,48)(H2,42,44,49)/t30-,32+,33-,34?/m0/s1. The number of carbonyl (C=O) groups is 1. The summed E-state index contributed by atoms with van der Waals surface area (Å²) in [5.74, 6) is -0.741. The Labute approximate surface area is 299 Å². The first-order valence-corrected chi connectivity index (χ1v) is 17.0. The topological polar surface area (TPSA) is 158 Å². The number of nitrogens with two attached hydrogens (primary N) is 1. The molecule has 4 aromatic rings. The van der Waals surface area contributed by atoms with Crippen LogP contribution >= 0.6 is 0 Å². The van der Waals surface area contributed by atoms with Gasteiger partial charge in [-0.05, 0) is 60.2 Å². The normalized spacial score (nSPS) is 18.2. The van der Waals surface area contributed by atoms with E-state index >= 15 is 0 Å². The van der Waals surface area contributed by atoms with Crippen molar-refractivity contribution < 1.29 is 42.4 Å². The average molecular weight is 725 g/mol. The lowest BCUT2D eigenvalue weighted by molar-refractivity contribution is -0.173. The van der Waals surface area contributed by atoms with Crippen LogP contribution in [0, 0.1) is 0 Å². The fraction of sp³-hybridized carbons (Fsp3) is 0.395. The van der Waals surface area contributed by atoms with Crippen LogP contribution in [0.25, 0.3) is 0 Å². The molecule has 1 amide bonds. The lowest BCUT2D eigenvalue weighted by atomic mass is 9.64. The number of aromatic nitrogens is 2. The van der Waals surface area contributed by atoms with E-state index < -0.39 is 47.7 Å². The largest absolute Gasteiger partial charge is 0.497 e. The zero-order valence-corrected chi connectivity index (χ0v) is 28.9. The highest BCUT2D eigenvalue weighted by atomic mass is 19.4. The van der Waals surface area contributed by atoms with Crippen molar-refractivity contribution in [3.63, 3.8) is 0 Å². The lowest BCUT2D eigenvalue weighted by Gasteiger charge is -2.43. The second kappa shape index (κ2) is 16.6. The van der Waals surface area contributed by atoms with Gasteiger partial charge in [-0.15, -0.1) is 0 Å². The molecular weight excluding hydrogens is 681 g/mol. The van der Waals surface area contributed by atoms with Gasteiger partial charge in [0.25, 0.3) is 0 Å². The average Bonchev–Trinajstić information content (AvgIpc) is 3.52. The fourth-order valence-electron chi connectivity index (χ4n) is 6.93. The quantitative estimate of drug-likeness (QED) is 0.101. The van der Waals surface area contributed by atoms with Crippen molar-refractivity contribution in [1.82, 2.24) is 14.9 Å². The molecule has 2 heterocycles. The Balaban J connectivity index is 1.44. The summed E-state index contributed by atoms with van der Waals surface area (Å²) in [4.78, 5) is 28.3. The van der Waals surface area contributed by atoms with Crippen LogP contribution in [0.5, 0.6) is 11.5 Å². The van der Waals surface area contributed by atoms with Crippen LogP contribution in [0.4, 0.5) is 19.0 Å². The SMILES string of the molecule is COc1ccc(C(c2ccccc2)(c2ccc(OC)cc2)C(O)[C@H]2O[C@@H](n3c(CCCCCCNC(=O)C(F)(F)F)cc(N)nc3=O)C[C@@H]2O)cc1. The van der Waals surface area contributed by atoms with E-state index in [1.165, 1.54) is 4.57 Å². The first-order valence-electron chi connectivity index (χ1n) is 17.0. The summed E-state index contributed by atoms with van der Waals surface area (Å²) < 4.78 is 55.9. The minimum atomic E-state index is -4.93. The third-order valence-corrected chi connectivity index (χ3v) is 9.46. The van der Waals surface area contributed by atoms with Gasteiger partial charge in [-0.1, -0.05) is 67.4 Å². The molecule has 0 radical (unpaired) electrons. The van der Waals surface area contributed by atoms with Crippen LogP contribution < -0.4 is 26.2 Å². The highest BCUT2D eigenvalue weighted by molar-refractivity contribution is 5.81. The van der Waals surface area contributed by atoms with Crippen LogP contribution in [-0.4, -0.2) is 70.9 Å². The summed E-state index contributed by atoms with van der Waals surface area (Å²) in [5.41, 5.74) is 6.59. The number of aliphatic hydroxyl groups excluding tert-OH is 2. The number of hydrogen-bond donors (Lipinski definition) is 4. The Morgan fingerprint density at radius 2 is 1.50 bits per heavy atom. The first kappa shape index (κ1) is 38.3. The zero-order valence-electron chi connectivity index (χ0n) is 28.9. The number of methoxy groups -OCH3 is 2. The molecule has 3 aromatic carbocycles. The van der Waals surface area contributed by atoms with Gasteiger partial charge in [0.05, 0.1) is 25.7 Å². The molecule has 1 aromatic heterocycles. The Hall–Kier alpha value is -4.92. The van der Waals surface area contributed by atoms with Gasteiger partial charge in [-0.2, -0.15) is 18.2 Å². The molecule has 0 aliphatic carbocycles. The third-order valence-electron chi connectivity index (χ3n) is 9.46. The number of unbranched alkanes of at least 4 members (excludes halogenated alkanes) is 3. The van der Waals surface area contributed by atoms with E-state index in [4.69, 9.17) is 19.9 Å². The number of ether oxygens (including phenoxy) is 3. The molecule has 1 unspecified atom stereocenters. The molecule has 52 heavy (non-hydrogen) atoms. The van der Waals surface area contributed by atoms with Crippen molar-refractivity contribution in [3.05, 3.63) is 118 Å². The monoisotopic (exact) mass is 724 g/mol. The molecule has 4 atom stereocenters. The molecule has 1 aliphatic heterocycles. The van der Waals surface area contributed by atoms with Crippen LogP contribution in [0.15, 0.2) is 89.7 Å². The van der Waals surface area contributed by atoms with E-state index in [1.54, 1.807) is 44.6 Å². The van der Waals surface area contributed by atoms with Crippen LogP contribution in [0.3, 0.4) is 0 Å². The van der Waals surface area contributed by atoms with Crippen molar-refractivity contribution in [2.45, 2.75) is 74.7 Å². The second-order valence-electron chi connectivity index (χ2n) is 12.7. The van der Waals surface area contributed by atoms with Gasteiger partial charge >= 0.3 is 17.8 Å². The van der Waals surface area contributed by atoms with E-state index in [-0.39, 0.29) is 18.8 Å². The van der Waals surface area contributed by atoms with Gasteiger partial charge in [0, 0.05) is 24.7 Å². The number of rotatable bonds is 15. The van der Waals surface area contributed by atoms with Crippen LogP contribution in [0.1, 0.15) is 60.7 Å². The summed E-state index contributed by atoms with van der Waals surface area (Å²) in [6.45, 7) is -0.111. The third kappa shape index (κ3) is 8.24. The number of nitrogens with zero attached hydrogens (tertiary/aromatic N) is 2. The fourth-order valence-corrected chi connectivity index (χ4v) is 6.93. The lowest BCUT2D eigenvalue weighted by Crippen LogP contribution is -2.51. The molecule has 5 rings (SSSR count). The molecule has 278 valence electrons. The first-order chi connectivity index (χ1) is 24.9. The molecule has 0 saturated carbocycles. The summed E-state index contributed by atoms with van der Waals surface area (Å²) in [5, 5.41) is 26.1. The van der Waals surface area contributed by atoms with Crippen molar-refractivity contribution in [2.75, 3.05) is 26.5 Å². The van der Waals surface area contributed by atoms with Gasteiger partial charge in [0.15, 0.2) is 0 Å². The number of hydrogen-bond acceptors (Lipinski definition) is 9. The Bertz CT molecular complexity index is 1790. The van der Waals surface area contributed by atoms with Gasteiger partial charge in [-0.3, -0.25) is 9.36 Å². The van der Waals surface area contributed by atoms with Crippen LogP contribution in [-0.2, 0) is 21.4 Å². The maximum atomic E-state index is 13.3. The number of amides is 1. The molecule has 1 saturated heterocycles. The minimum absolute atomic E-state index is 0.00310. The molecule has 11 nitrogen and oxygen atoms in total. The van der Waals surface area contributed by atoms with Gasteiger partial charge < -0.3 is 35.5 Å². The highest BCUT2D eigenvalue weighted by Gasteiger charge is 2.52. The number of aliphatic hydroxyl groups is 2. The number of carbonyl (C=O) groups excluding carboxylic acids is 1. The summed E-state index contributed by atoms with van der Waals surface area (Å²) >= 11 is 0. The summed E-state index contributed by atoms with van der Waals surface area (Å²) in [7, 11) is 3.12. The maximum absolute atomic E-state index is 13.3. The molecule has 5 N–H and O–H groups in total. The predicted octanol–water partition coefficient (Wildman–Crippen LogP) is 4.67. The van der Waals surface area contributed by atoms with Gasteiger partial charge in [-0.25, -0.2) is 4.79 Å². The van der Waals surface area contributed by atoms with E-state index in [9.17, 15) is 33.0 Å². The summed E-state index contributed by atoms with van der Waals surface area (Å²) in [6.07, 6.45) is -7.36. The predicted molar refractivity (Wildman–Crippen MR) is 187 cm³/mol. The van der Waals surface area contributed by atoms with E-state index in [1.807, 2.05) is 59.9 Å². The molecule has 1 aliphatic rings. The van der Waals surface area contributed by atoms with E-state index in [2.05, 4.69) is 4.98 Å². The van der Waals surface area contributed by atoms with Gasteiger partial charge in [0.1, 0.15) is 35.8 Å². The summed E-state index contributed by atoms with van der Waals surface area (Å²) in [6, 6.07) is 25.5. The van der Waals surface area contributed by atoms with E-state index in [0.717, 1.165) is 5.56 Å². The van der Waals surface area contributed by atoms with Crippen molar-refractivity contribution in [2.24, 2.45) is 0 Å². The number of benzene rings is 3. The minimum Gasteiger partial charge on any atom is -0.497 e. The van der Waals surface area contributed by atoms with Crippen LogP contribution in [0.2, 0.25) is 0 Å². The van der Waals surface area contributed by atoms with Gasteiger partial charge in [0.2, 0.25) is 0 Å². The molecular formula is C38H43F3N4O7. The number of aryl methyl sites for hydroxylation is 1. The number of nitrogen functional groups attached to an aromatic ring is 1. The van der Waals surface area contributed by atoms with E-state index in [0.29, 0.717) is 60.4 Å². The number of alkyl halides is 3. The zero-order chi connectivity index (χ0) is 37.5. The highest BCUT2D eigenvalue weighted by Crippen LogP contribution is 2.47. The Morgan fingerprint density at radius 3 is 2.06 bits per heavy atom. The van der Waals surface area contributed by atoms with Crippen molar-refractivity contribution >= 4 is 11.7 Å². The van der Waals surface area contributed by atoms with Crippen molar-refractivity contribution in [1.29, 1.82) is 0 Å². The number of nitrogens with one attached hydrogen (secondary N) is 1. The number of halogens is 3. The molecule has 14 heteroatoms. The maximum Gasteiger partial charge on any atom is 0.471 e. The Kier molecular flexibility index (Phi) is 12.2. The smallest absolute Gasteiger partial charge is 0.471 e. The molecule has 0 spiro atoms. The second-order valence-corrected chi connectivity index (χ2v) is 12.7. The van der Waals surface area contributed by atoms with Crippen molar-refractivity contribution in [3.8, 4) is 11.5 Å². The molecule has 0 bridgehead atoms. The molecule has 1 fully saturated rings. The number of anilines is 1.